The fraction of sp³-hybridized carbons (Fsp3) is 0.409. The molecule has 0 unspecified atom stereocenters. The Morgan fingerprint density at radius 1 is 0.923 bits per heavy atom. The number of carbonyl (C=O) groups excluding carboxylic acids is 1. The molecule has 0 saturated carbocycles. The minimum atomic E-state index is 0.254. The molecule has 138 valence electrons. The summed E-state index contributed by atoms with van der Waals surface area (Å²) in [7, 11) is 0. The Balaban J connectivity index is 1.67. The lowest BCUT2D eigenvalue weighted by atomic mass is 9.96. The van der Waals surface area contributed by atoms with E-state index in [1.807, 2.05) is 4.90 Å². The summed E-state index contributed by atoms with van der Waals surface area (Å²) < 4.78 is 0. The Labute approximate surface area is 161 Å². The molecular weight excluding hydrogens is 340 g/mol. The van der Waals surface area contributed by atoms with Gasteiger partial charge in [-0.25, -0.2) is 0 Å². The third-order valence-corrected chi connectivity index (χ3v) is 5.98. The molecule has 4 heteroatoms. The Morgan fingerprint density at radius 2 is 1.46 bits per heavy atom. The van der Waals surface area contributed by atoms with E-state index in [0.29, 0.717) is 11.7 Å². The standard InChI is InChI=1S/C22H28N2OS/c1-2-17-26-18-21(25)23-13-15-24(16-14-23)22(19-9-5-3-6-10-19)20-11-7-4-8-12-20/h3-12,22H,2,13-18H2,1H3. The predicted octanol–water partition coefficient (Wildman–Crippen LogP) is 4.06. The molecular formula is C22H28N2OS. The number of piperazine rings is 1. The van der Waals surface area contributed by atoms with Gasteiger partial charge < -0.3 is 4.90 Å². The van der Waals surface area contributed by atoms with Crippen molar-refractivity contribution in [3.63, 3.8) is 0 Å². The molecule has 26 heavy (non-hydrogen) atoms. The smallest absolute Gasteiger partial charge is 0.232 e. The lowest BCUT2D eigenvalue weighted by molar-refractivity contribution is -0.130. The van der Waals surface area contributed by atoms with E-state index < -0.39 is 0 Å². The molecule has 1 fully saturated rings. The maximum absolute atomic E-state index is 12.4. The molecule has 0 aliphatic carbocycles. The highest BCUT2D eigenvalue weighted by molar-refractivity contribution is 7.99. The molecule has 1 heterocycles. The zero-order valence-corrected chi connectivity index (χ0v) is 16.3. The maximum atomic E-state index is 12.4. The van der Waals surface area contributed by atoms with Crippen LogP contribution in [0.15, 0.2) is 60.7 Å². The van der Waals surface area contributed by atoms with Gasteiger partial charge in [0, 0.05) is 26.2 Å². The number of hydrogen-bond donors (Lipinski definition) is 0. The minimum Gasteiger partial charge on any atom is -0.339 e. The molecule has 1 amide bonds. The largest absolute Gasteiger partial charge is 0.339 e. The number of carbonyl (C=O) groups is 1. The van der Waals surface area contributed by atoms with Crippen LogP contribution in [-0.2, 0) is 4.79 Å². The molecule has 3 rings (SSSR count). The topological polar surface area (TPSA) is 23.6 Å². The summed E-state index contributed by atoms with van der Waals surface area (Å²) in [4.78, 5) is 16.9. The fourth-order valence-electron chi connectivity index (χ4n) is 3.51. The Morgan fingerprint density at radius 3 is 1.96 bits per heavy atom. The molecule has 3 nitrogen and oxygen atoms in total. The highest BCUT2D eigenvalue weighted by Gasteiger charge is 2.27. The van der Waals surface area contributed by atoms with E-state index in [2.05, 4.69) is 72.5 Å². The molecule has 0 radical (unpaired) electrons. The van der Waals surface area contributed by atoms with Gasteiger partial charge in [-0.15, -0.1) is 0 Å². The first kappa shape index (κ1) is 19.0. The van der Waals surface area contributed by atoms with Crippen LogP contribution in [0.1, 0.15) is 30.5 Å². The first-order chi connectivity index (χ1) is 12.8. The molecule has 1 aliphatic heterocycles. The second-order valence-electron chi connectivity index (χ2n) is 6.69. The van der Waals surface area contributed by atoms with Crippen LogP contribution >= 0.6 is 11.8 Å². The third-order valence-electron chi connectivity index (χ3n) is 4.84. The third kappa shape index (κ3) is 4.89. The van der Waals surface area contributed by atoms with E-state index in [1.165, 1.54) is 11.1 Å². The molecule has 0 N–H and O–H groups in total. The first-order valence-corrected chi connectivity index (χ1v) is 10.6. The fourth-order valence-corrected chi connectivity index (χ4v) is 4.30. The highest BCUT2D eigenvalue weighted by Crippen LogP contribution is 2.29. The van der Waals surface area contributed by atoms with Crippen molar-refractivity contribution in [1.29, 1.82) is 0 Å². The summed E-state index contributed by atoms with van der Waals surface area (Å²) >= 11 is 1.75. The first-order valence-electron chi connectivity index (χ1n) is 9.49. The Kier molecular flexibility index (Phi) is 7.15. The number of amides is 1. The zero-order chi connectivity index (χ0) is 18.2. The summed E-state index contributed by atoms with van der Waals surface area (Å²) in [5.41, 5.74) is 2.63. The van der Waals surface area contributed by atoms with Crippen molar-refractivity contribution in [3.05, 3.63) is 71.8 Å². The minimum absolute atomic E-state index is 0.254. The number of hydrogen-bond acceptors (Lipinski definition) is 3. The quantitative estimate of drug-likeness (QED) is 0.689. The van der Waals surface area contributed by atoms with Gasteiger partial charge in [-0.1, -0.05) is 67.6 Å². The zero-order valence-electron chi connectivity index (χ0n) is 15.5. The maximum Gasteiger partial charge on any atom is 0.232 e. The van der Waals surface area contributed by atoms with Crippen LogP contribution in [0, 0.1) is 0 Å². The average Bonchev–Trinajstić information content (AvgIpc) is 2.70. The monoisotopic (exact) mass is 368 g/mol. The van der Waals surface area contributed by atoms with E-state index in [1.54, 1.807) is 11.8 Å². The predicted molar refractivity (Wildman–Crippen MR) is 110 cm³/mol. The summed E-state index contributed by atoms with van der Waals surface area (Å²) in [5.74, 6) is 1.98. The molecule has 0 spiro atoms. The van der Waals surface area contributed by atoms with Gasteiger partial charge in [0.05, 0.1) is 11.8 Å². The summed E-state index contributed by atoms with van der Waals surface area (Å²) in [6.45, 7) is 5.63. The van der Waals surface area contributed by atoms with Gasteiger partial charge in [0.1, 0.15) is 0 Å². The van der Waals surface area contributed by atoms with Gasteiger partial charge in [0.15, 0.2) is 0 Å². The average molecular weight is 369 g/mol. The molecule has 1 saturated heterocycles. The van der Waals surface area contributed by atoms with Crippen LogP contribution in [0.2, 0.25) is 0 Å². The van der Waals surface area contributed by atoms with Gasteiger partial charge in [0.2, 0.25) is 5.91 Å². The Hall–Kier alpha value is -1.78. The van der Waals surface area contributed by atoms with E-state index in [-0.39, 0.29) is 6.04 Å². The van der Waals surface area contributed by atoms with Crippen LogP contribution in [0.25, 0.3) is 0 Å². The van der Waals surface area contributed by atoms with Gasteiger partial charge in [-0.3, -0.25) is 9.69 Å². The Bertz CT molecular complexity index is 630. The van der Waals surface area contributed by atoms with Gasteiger partial charge in [-0.2, -0.15) is 11.8 Å². The molecule has 2 aromatic rings. The van der Waals surface area contributed by atoms with Crippen LogP contribution in [0.5, 0.6) is 0 Å². The molecule has 0 atom stereocenters. The second kappa shape index (κ2) is 9.79. The van der Waals surface area contributed by atoms with Crippen LogP contribution in [0.3, 0.4) is 0 Å². The van der Waals surface area contributed by atoms with Crippen molar-refractivity contribution in [2.45, 2.75) is 19.4 Å². The lowest BCUT2D eigenvalue weighted by Gasteiger charge is -2.39. The van der Waals surface area contributed by atoms with Crippen LogP contribution in [-0.4, -0.2) is 53.4 Å². The summed E-state index contributed by atoms with van der Waals surface area (Å²) in [6, 6.07) is 21.6. The SMILES string of the molecule is CCCSCC(=O)N1CCN(C(c2ccccc2)c2ccccc2)CC1. The lowest BCUT2D eigenvalue weighted by Crippen LogP contribution is -2.50. The summed E-state index contributed by atoms with van der Waals surface area (Å²) in [5, 5.41) is 0. The van der Waals surface area contributed by atoms with E-state index in [9.17, 15) is 4.79 Å². The van der Waals surface area contributed by atoms with Crippen molar-refractivity contribution < 1.29 is 4.79 Å². The van der Waals surface area contributed by atoms with Crippen LogP contribution < -0.4 is 0 Å². The van der Waals surface area contributed by atoms with Crippen molar-refractivity contribution in [2.75, 3.05) is 37.7 Å². The highest BCUT2D eigenvalue weighted by atomic mass is 32.2. The molecule has 2 aromatic carbocycles. The van der Waals surface area contributed by atoms with Gasteiger partial charge in [0.25, 0.3) is 0 Å². The normalized spacial score (nSPS) is 15.4. The molecule has 1 aliphatic rings. The van der Waals surface area contributed by atoms with E-state index >= 15 is 0 Å². The second-order valence-corrected chi connectivity index (χ2v) is 7.80. The molecule has 0 bridgehead atoms. The number of rotatable bonds is 7. The van der Waals surface area contributed by atoms with Crippen molar-refractivity contribution in [3.8, 4) is 0 Å². The number of thioether (sulfide) groups is 1. The number of nitrogens with zero attached hydrogens (tertiary/aromatic N) is 2. The summed E-state index contributed by atoms with van der Waals surface area (Å²) in [6.07, 6.45) is 1.13. The number of benzene rings is 2. The van der Waals surface area contributed by atoms with Crippen molar-refractivity contribution in [2.24, 2.45) is 0 Å². The van der Waals surface area contributed by atoms with Crippen molar-refractivity contribution >= 4 is 17.7 Å². The van der Waals surface area contributed by atoms with Gasteiger partial charge >= 0.3 is 0 Å². The van der Waals surface area contributed by atoms with Crippen LogP contribution in [0.4, 0.5) is 0 Å². The van der Waals surface area contributed by atoms with Crippen molar-refractivity contribution in [1.82, 2.24) is 9.80 Å². The van der Waals surface area contributed by atoms with E-state index in [4.69, 9.17) is 0 Å². The van der Waals surface area contributed by atoms with E-state index in [0.717, 1.165) is 38.4 Å². The molecule has 0 aromatic heterocycles. The van der Waals surface area contributed by atoms with Gasteiger partial charge in [-0.05, 0) is 23.3 Å².